The summed E-state index contributed by atoms with van der Waals surface area (Å²) >= 11 is 5.87. The summed E-state index contributed by atoms with van der Waals surface area (Å²) in [5.74, 6) is -0.0128. The topological polar surface area (TPSA) is 58.4 Å². The summed E-state index contributed by atoms with van der Waals surface area (Å²) < 4.78 is 0. The number of nitrogens with one attached hydrogen (secondary N) is 1. The van der Waals surface area contributed by atoms with Crippen LogP contribution < -0.4 is 11.1 Å². The smallest absolute Gasteiger partial charge is 0.241 e. The Labute approximate surface area is 125 Å². The maximum absolute atomic E-state index is 12.3. The number of carbonyl (C=O) groups is 1. The largest absolute Gasteiger partial charge is 0.397 e. The van der Waals surface area contributed by atoms with Gasteiger partial charge in [0.2, 0.25) is 5.91 Å². The van der Waals surface area contributed by atoms with Crippen LogP contribution in [0.5, 0.6) is 0 Å². The van der Waals surface area contributed by atoms with Crippen molar-refractivity contribution in [3.8, 4) is 0 Å². The zero-order valence-corrected chi connectivity index (χ0v) is 12.8. The number of hydrogen-bond donors (Lipinski definition) is 2. The van der Waals surface area contributed by atoms with Crippen molar-refractivity contribution in [1.29, 1.82) is 0 Å². The molecule has 1 amide bonds. The summed E-state index contributed by atoms with van der Waals surface area (Å²) in [7, 11) is 2.02. The van der Waals surface area contributed by atoms with E-state index in [9.17, 15) is 4.79 Å². The van der Waals surface area contributed by atoms with Gasteiger partial charge in [-0.15, -0.1) is 0 Å². The van der Waals surface area contributed by atoms with Gasteiger partial charge in [-0.1, -0.05) is 24.4 Å². The lowest BCUT2D eigenvalue weighted by Gasteiger charge is -2.29. The number of rotatable bonds is 4. The lowest BCUT2D eigenvalue weighted by Crippen LogP contribution is -2.44. The van der Waals surface area contributed by atoms with E-state index >= 15 is 0 Å². The van der Waals surface area contributed by atoms with Gasteiger partial charge < -0.3 is 11.1 Å². The molecule has 0 radical (unpaired) electrons. The molecule has 0 spiro atoms. The molecule has 0 aliphatic heterocycles. The molecule has 3 N–H and O–H groups in total. The molecule has 110 valence electrons. The molecule has 0 aromatic heterocycles. The van der Waals surface area contributed by atoms with Crippen molar-refractivity contribution in [3.05, 3.63) is 23.2 Å². The second-order valence-corrected chi connectivity index (χ2v) is 5.91. The molecule has 1 aromatic rings. The molecule has 5 heteroatoms. The van der Waals surface area contributed by atoms with Gasteiger partial charge in [-0.3, -0.25) is 9.69 Å². The Balaban J connectivity index is 1.97. The van der Waals surface area contributed by atoms with E-state index in [4.69, 9.17) is 17.3 Å². The Morgan fingerprint density at radius 2 is 2.10 bits per heavy atom. The maximum Gasteiger partial charge on any atom is 0.241 e. The Bertz CT molecular complexity index is 486. The van der Waals surface area contributed by atoms with Gasteiger partial charge in [0, 0.05) is 11.7 Å². The van der Waals surface area contributed by atoms with E-state index in [0.29, 0.717) is 22.4 Å². The molecule has 1 aliphatic carbocycles. The van der Waals surface area contributed by atoms with Gasteiger partial charge in [-0.05, 0) is 45.0 Å². The van der Waals surface area contributed by atoms with Gasteiger partial charge in [0.15, 0.2) is 0 Å². The quantitative estimate of drug-likeness (QED) is 0.839. The Hall–Kier alpha value is -1.26. The van der Waals surface area contributed by atoms with E-state index in [1.165, 1.54) is 25.7 Å². The Morgan fingerprint density at radius 3 is 2.70 bits per heavy atom. The third-order valence-corrected chi connectivity index (χ3v) is 4.50. The van der Waals surface area contributed by atoms with Crippen LogP contribution in [0, 0.1) is 0 Å². The number of nitrogens with two attached hydrogens (primary N) is 1. The molecule has 0 heterocycles. The standard InChI is InChI=1S/C15H22ClN3O/c1-10(19(2)12-5-3-4-6-12)15(20)18-11-7-8-13(16)14(17)9-11/h7-10,12H,3-6,17H2,1-2H3,(H,18,20). The third-order valence-electron chi connectivity index (χ3n) is 4.15. The molecule has 1 fully saturated rings. The molecule has 1 unspecified atom stereocenters. The number of benzene rings is 1. The first-order valence-corrected chi connectivity index (χ1v) is 7.44. The van der Waals surface area contributed by atoms with Gasteiger partial charge in [-0.25, -0.2) is 0 Å². The monoisotopic (exact) mass is 295 g/mol. The highest BCUT2D eigenvalue weighted by Gasteiger charge is 2.27. The van der Waals surface area contributed by atoms with Crippen LogP contribution in [0.2, 0.25) is 5.02 Å². The SMILES string of the molecule is CC(C(=O)Nc1ccc(Cl)c(N)c1)N(C)C1CCCC1. The van der Waals surface area contributed by atoms with Crippen molar-refractivity contribution >= 4 is 28.9 Å². The first-order valence-electron chi connectivity index (χ1n) is 7.07. The van der Waals surface area contributed by atoms with Crippen molar-refractivity contribution < 1.29 is 4.79 Å². The van der Waals surface area contributed by atoms with Crippen LogP contribution in [-0.4, -0.2) is 29.9 Å². The fraction of sp³-hybridized carbons (Fsp3) is 0.533. The van der Waals surface area contributed by atoms with Crippen LogP contribution in [0.15, 0.2) is 18.2 Å². The van der Waals surface area contributed by atoms with Crippen LogP contribution in [-0.2, 0) is 4.79 Å². The van der Waals surface area contributed by atoms with E-state index in [2.05, 4.69) is 10.2 Å². The van der Waals surface area contributed by atoms with Crippen molar-refractivity contribution in [2.45, 2.75) is 44.7 Å². The molecule has 1 aliphatic rings. The van der Waals surface area contributed by atoms with Gasteiger partial charge in [-0.2, -0.15) is 0 Å². The minimum atomic E-state index is -0.157. The fourth-order valence-corrected chi connectivity index (χ4v) is 2.80. The van der Waals surface area contributed by atoms with E-state index in [1.54, 1.807) is 18.2 Å². The van der Waals surface area contributed by atoms with Crippen molar-refractivity contribution in [1.82, 2.24) is 4.90 Å². The molecular weight excluding hydrogens is 274 g/mol. The predicted octanol–water partition coefficient (Wildman–Crippen LogP) is 3.12. The molecule has 2 rings (SSSR count). The predicted molar refractivity (Wildman–Crippen MR) is 84.0 cm³/mol. The highest BCUT2D eigenvalue weighted by atomic mass is 35.5. The number of anilines is 2. The molecule has 20 heavy (non-hydrogen) atoms. The number of likely N-dealkylation sites (N-methyl/N-ethyl adjacent to an activating group) is 1. The van der Waals surface area contributed by atoms with Crippen molar-refractivity contribution in [2.75, 3.05) is 18.1 Å². The molecular formula is C15H22ClN3O. The molecule has 0 bridgehead atoms. The molecule has 4 nitrogen and oxygen atoms in total. The van der Waals surface area contributed by atoms with Gasteiger partial charge in [0.05, 0.1) is 16.8 Å². The van der Waals surface area contributed by atoms with Gasteiger partial charge in [0.1, 0.15) is 0 Å². The van der Waals surface area contributed by atoms with Gasteiger partial charge in [0.25, 0.3) is 0 Å². The highest BCUT2D eigenvalue weighted by Crippen LogP contribution is 2.25. The molecule has 0 saturated heterocycles. The average molecular weight is 296 g/mol. The Morgan fingerprint density at radius 1 is 1.45 bits per heavy atom. The van der Waals surface area contributed by atoms with Crippen LogP contribution in [0.3, 0.4) is 0 Å². The average Bonchev–Trinajstić information content (AvgIpc) is 2.95. The van der Waals surface area contributed by atoms with E-state index in [-0.39, 0.29) is 11.9 Å². The minimum Gasteiger partial charge on any atom is -0.397 e. The molecule has 1 saturated carbocycles. The third kappa shape index (κ3) is 3.44. The summed E-state index contributed by atoms with van der Waals surface area (Å²) in [6.45, 7) is 1.94. The summed E-state index contributed by atoms with van der Waals surface area (Å²) in [5, 5.41) is 3.39. The maximum atomic E-state index is 12.3. The van der Waals surface area contributed by atoms with Crippen molar-refractivity contribution in [3.63, 3.8) is 0 Å². The normalized spacial score (nSPS) is 17.4. The number of nitrogens with zero attached hydrogens (tertiary/aromatic N) is 1. The molecule has 1 atom stereocenters. The lowest BCUT2D eigenvalue weighted by molar-refractivity contribution is -0.121. The van der Waals surface area contributed by atoms with Crippen LogP contribution in [0.1, 0.15) is 32.6 Å². The number of amides is 1. The second kappa shape index (κ2) is 6.46. The van der Waals surface area contributed by atoms with E-state index in [0.717, 1.165) is 0 Å². The first-order chi connectivity index (χ1) is 9.49. The summed E-state index contributed by atoms with van der Waals surface area (Å²) in [6, 6.07) is 5.50. The lowest BCUT2D eigenvalue weighted by atomic mass is 10.1. The highest BCUT2D eigenvalue weighted by molar-refractivity contribution is 6.33. The summed E-state index contributed by atoms with van der Waals surface area (Å²) in [4.78, 5) is 14.4. The molecule has 1 aromatic carbocycles. The fourth-order valence-electron chi connectivity index (χ4n) is 2.68. The van der Waals surface area contributed by atoms with Crippen LogP contribution >= 0.6 is 11.6 Å². The number of nitrogen functional groups attached to an aromatic ring is 1. The summed E-state index contributed by atoms with van der Waals surface area (Å²) in [5.41, 5.74) is 6.90. The number of halogens is 1. The zero-order valence-electron chi connectivity index (χ0n) is 12.0. The summed E-state index contributed by atoms with van der Waals surface area (Å²) in [6.07, 6.45) is 4.89. The van der Waals surface area contributed by atoms with Gasteiger partial charge >= 0.3 is 0 Å². The number of carbonyl (C=O) groups excluding carboxylic acids is 1. The number of hydrogen-bond acceptors (Lipinski definition) is 3. The van der Waals surface area contributed by atoms with E-state index < -0.39 is 0 Å². The Kier molecular flexibility index (Phi) is 4.89. The zero-order chi connectivity index (χ0) is 14.7. The first kappa shape index (κ1) is 15.1. The van der Waals surface area contributed by atoms with Crippen LogP contribution in [0.25, 0.3) is 0 Å². The van der Waals surface area contributed by atoms with Crippen molar-refractivity contribution in [2.24, 2.45) is 0 Å². The van der Waals surface area contributed by atoms with E-state index in [1.807, 2.05) is 14.0 Å². The second-order valence-electron chi connectivity index (χ2n) is 5.51. The minimum absolute atomic E-state index is 0.0128. The van der Waals surface area contributed by atoms with Crippen LogP contribution in [0.4, 0.5) is 11.4 Å².